The molecule has 2 aliphatic rings. The summed E-state index contributed by atoms with van der Waals surface area (Å²) in [5.41, 5.74) is 0.667. The molecule has 1 amide bonds. The molecule has 2 aliphatic heterocycles. The zero-order valence-electron chi connectivity index (χ0n) is 12.4. The molecule has 3 rings (SSSR count). The highest BCUT2D eigenvalue weighted by atomic mass is 16.5. The quantitative estimate of drug-likeness (QED) is 0.883. The largest absolute Gasteiger partial charge is 0.480 e. The van der Waals surface area contributed by atoms with Crippen molar-refractivity contribution in [2.75, 3.05) is 39.4 Å². The Hall–Kier alpha value is -1.92. The minimum Gasteiger partial charge on any atom is -0.480 e. The molecule has 1 aromatic carbocycles. The highest BCUT2D eigenvalue weighted by Gasteiger charge is 2.36. The van der Waals surface area contributed by atoms with E-state index in [9.17, 15) is 9.59 Å². The SMILES string of the molecule is O=C(O)CN1C[C@@H]2COC[C@H](C1)N(C(=O)c1ccccc1)C2. The number of amides is 1. The lowest BCUT2D eigenvalue weighted by atomic mass is 10.1. The molecule has 118 valence electrons. The van der Waals surface area contributed by atoms with Gasteiger partial charge in [-0.1, -0.05) is 18.2 Å². The minimum atomic E-state index is -0.832. The highest BCUT2D eigenvalue weighted by molar-refractivity contribution is 5.94. The van der Waals surface area contributed by atoms with E-state index in [4.69, 9.17) is 9.84 Å². The number of carbonyl (C=O) groups excluding carboxylic acids is 1. The fourth-order valence-corrected chi connectivity index (χ4v) is 3.26. The van der Waals surface area contributed by atoms with Crippen LogP contribution in [0.1, 0.15) is 10.4 Å². The minimum absolute atomic E-state index is 0.00160. The first-order valence-electron chi connectivity index (χ1n) is 7.51. The van der Waals surface area contributed by atoms with Crippen LogP contribution in [0.3, 0.4) is 0 Å². The number of nitrogens with zero attached hydrogens (tertiary/aromatic N) is 2. The molecular weight excluding hydrogens is 284 g/mol. The van der Waals surface area contributed by atoms with E-state index in [2.05, 4.69) is 0 Å². The molecule has 0 spiro atoms. The average molecular weight is 304 g/mol. The van der Waals surface area contributed by atoms with E-state index < -0.39 is 5.97 Å². The number of aliphatic carboxylic acids is 1. The molecule has 0 aromatic heterocycles. The van der Waals surface area contributed by atoms with Crippen molar-refractivity contribution in [2.45, 2.75) is 6.04 Å². The number of carboxylic acid groups (broad SMARTS) is 1. The van der Waals surface area contributed by atoms with Gasteiger partial charge in [0.25, 0.3) is 5.91 Å². The van der Waals surface area contributed by atoms with Crippen LogP contribution in [0.15, 0.2) is 30.3 Å². The lowest BCUT2D eigenvalue weighted by Crippen LogP contribution is -2.47. The Morgan fingerprint density at radius 1 is 1.14 bits per heavy atom. The van der Waals surface area contributed by atoms with Crippen LogP contribution in [-0.4, -0.2) is 72.2 Å². The molecule has 2 atom stereocenters. The topological polar surface area (TPSA) is 70.1 Å². The maximum absolute atomic E-state index is 12.8. The van der Waals surface area contributed by atoms with E-state index >= 15 is 0 Å². The van der Waals surface area contributed by atoms with Gasteiger partial charge in [-0.05, 0) is 12.1 Å². The standard InChI is InChI=1S/C16H20N2O4/c19-15(20)9-17-6-12-7-18(14(8-17)11-22-10-12)16(21)13-4-2-1-3-5-13/h1-5,12,14H,6-11H2,(H,19,20)/t12-,14-/m0/s1. The predicted octanol–water partition coefficient (Wildman–Crippen LogP) is 0.544. The van der Waals surface area contributed by atoms with Gasteiger partial charge in [-0.3, -0.25) is 14.5 Å². The van der Waals surface area contributed by atoms with Crippen LogP contribution in [0.4, 0.5) is 0 Å². The summed E-state index contributed by atoms with van der Waals surface area (Å²) in [6, 6.07) is 9.11. The van der Waals surface area contributed by atoms with Gasteiger partial charge in [0.05, 0.1) is 25.8 Å². The zero-order chi connectivity index (χ0) is 15.5. The number of benzene rings is 1. The highest BCUT2D eigenvalue weighted by Crippen LogP contribution is 2.21. The fraction of sp³-hybridized carbons (Fsp3) is 0.500. The molecule has 2 bridgehead atoms. The first-order valence-corrected chi connectivity index (χ1v) is 7.51. The number of carboxylic acids is 1. The Balaban J connectivity index is 1.80. The molecule has 22 heavy (non-hydrogen) atoms. The van der Waals surface area contributed by atoms with Gasteiger partial charge in [0.1, 0.15) is 0 Å². The Labute approximate surface area is 129 Å². The van der Waals surface area contributed by atoms with Crippen molar-refractivity contribution in [1.29, 1.82) is 0 Å². The monoisotopic (exact) mass is 304 g/mol. The van der Waals surface area contributed by atoms with Crippen molar-refractivity contribution in [2.24, 2.45) is 5.92 Å². The number of hydrogen-bond acceptors (Lipinski definition) is 4. The van der Waals surface area contributed by atoms with Gasteiger partial charge in [0.2, 0.25) is 0 Å². The zero-order valence-corrected chi connectivity index (χ0v) is 12.4. The summed E-state index contributed by atoms with van der Waals surface area (Å²) in [7, 11) is 0. The summed E-state index contributed by atoms with van der Waals surface area (Å²) < 4.78 is 5.66. The number of hydrogen-bond donors (Lipinski definition) is 1. The Morgan fingerprint density at radius 3 is 2.64 bits per heavy atom. The van der Waals surface area contributed by atoms with Crippen molar-refractivity contribution in [1.82, 2.24) is 9.80 Å². The fourth-order valence-electron chi connectivity index (χ4n) is 3.26. The molecule has 2 fully saturated rings. The molecule has 6 nitrogen and oxygen atoms in total. The second-order valence-electron chi connectivity index (χ2n) is 5.97. The van der Waals surface area contributed by atoms with Crippen LogP contribution in [0.5, 0.6) is 0 Å². The maximum atomic E-state index is 12.8. The molecule has 2 heterocycles. The number of rotatable bonds is 3. The van der Waals surface area contributed by atoms with Gasteiger partial charge in [0, 0.05) is 31.1 Å². The van der Waals surface area contributed by atoms with Crippen molar-refractivity contribution < 1.29 is 19.4 Å². The first kappa shape index (κ1) is 15.0. The van der Waals surface area contributed by atoms with E-state index in [-0.39, 0.29) is 24.4 Å². The molecule has 0 radical (unpaired) electrons. The van der Waals surface area contributed by atoms with Crippen LogP contribution in [0.2, 0.25) is 0 Å². The van der Waals surface area contributed by atoms with Crippen LogP contribution < -0.4 is 0 Å². The van der Waals surface area contributed by atoms with Gasteiger partial charge in [-0.25, -0.2) is 0 Å². The van der Waals surface area contributed by atoms with E-state index in [1.165, 1.54) is 0 Å². The van der Waals surface area contributed by atoms with E-state index in [0.29, 0.717) is 38.4 Å². The predicted molar refractivity (Wildman–Crippen MR) is 79.7 cm³/mol. The molecule has 1 N–H and O–H groups in total. The second kappa shape index (κ2) is 6.46. The third kappa shape index (κ3) is 3.28. The molecule has 0 aliphatic carbocycles. The van der Waals surface area contributed by atoms with Gasteiger partial charge >= 0.3 is 5.97 Å². The Kier molecular flexibility index (Phi) is 4.40. The van der Waals surface area contributed by atoms with E-state index in [0.717, 1.165) is 0 Å². The Bertz CT molecular complexity index is 548. The average Bonchev–Trinajstić information content (AvgIpc) is 2.77. The molecule has 2 saturated heterocycles. The number of fused-ring (bicyclic) bond motifs is 3. The molecule has 6 heteroatoms. The first-order chi connectivity index (χ1) is 10.6. The van der Waals surface area contributed by atoms with Crippen molar-refractivity contribution in [3.63, 3.8) is 0 Å². The lowest BCUT2D eigenvalue weighted by Gasteiger charge is -2.30. The smallest absolute Gasteiger partial charge is 0.317 e. The van der Waals surface area contributed by atoms with Crippen molar-refractivity contribution >= 4 is 11.9 Å². The maximum Gasteiger partial charge on any atom is 0.317 e. The van der Waals surface area contributed by atoms with Gasteiger partial charge < -0.3 is 14.7 Å². The lowest BCUT2D eigenvalue weighted by molar-refractivity contribution is -0.138. The van der Waals surface area contributed by atoms with E-state index in [1.807, 2.05) is 40.1 Å². The Morgan fingerprint density at radius 2 is 1.91 bits per heavy atom. The van der Waals surface area contributed by atoms with Crippen LogP contribution in [0.25, 0.3) is 0 Å². The normalized spacial score (nSPS) is 25.5. The third-order valence-electron chi connectivity index (χ3n) is 4.19. The van der Waals surface area contributed by atoms with Crippen molar-refractivity contribution in [3.8, 4) is 0 Å². The van der Waals surface area contributed by atoms with Crippen LogP contribution in [0, 0.1) is 5.92 Å². The van der Waals surface area contributed by atoms with E-state index in [1.54, 1.807) is 0 Å². The molecule has 0 saturated carbocycles. The van der Waals surface area contributed by atoms with Gasteiger partial charge in [-0.2, -0.15) is 0 Å². The third-order valence-corrected chi connectivity index (χ3v) is 4.19. The summed E-state index contributed by atoms with van der Waals surface area (Å²) in [6.45, 7) is 2.87. The van der Waals surface area contributed by atoms with Crippen molar-refractivity contribution in [3.05, 3.63) is 35.9 Å². The van der Waals surface area contributed by atoms with Gasteiger partial charge in [-0.15, -0.1) is 0 Å². The molecule has 1 aromatic rings. The summed E-state index contributed by atoms with van der Waals surface area (Å²) in [5, 5.41) is 9.02. The summed E-state index contributed by atoms with van der Waals surface area (Å²) in [5.74, 6) is -0.681. The number of ether oxygens (including phenoxy) is 1. The second-order valence-corrected chi connectivity index (χ2v) is 5.97. The van der Waals surface area contributed by atoms with Gasteiger partial charge in [0.15, 0.2) is 0 Å². The summed E-state index contributed by atoms with van der Waals surface area (Å²) in [4.78, 5) is 27.5. The number of carbonyl (C=O) groups is 2. The van der Waals surface area contributed by atoms with Crippen LogP contribution in [-0.2, 0) is 9.53 Å². The molecular formula is C16H20N2O4. The molecule has 0 unspecified atom stereocenters. The summed E-state index contributed by atoms with van der Waals surface area (Å²) in [6.07, 6.45) is 0. The van der Waals surface area contributed by atoms with Crippen LogP contribution >= 0.6 is 0 Å². The summed E-state index contributed by atoms with van der Waals surface area (Å²) >= 11 is 0.